The first-order valence-electron chi connectivity index (χ1n) is 32.1. The van der Waals surface area contributed by atoms with Crippen LogP contribution in [-0.4, -0.2) is 87.4 Å². The Balaban J connectivity index is 4.19. The molecule has 0 saturated carbocycles. The molecule has 2 unspecified atom stereocenters. The molecule has 0 heterocycles. The molecule has 0 rings (SSSR count). The fourth-order valence-corrected chi connectivity index (χ4v) is 8.97. The van der Waals surface area contributed by atoms with E-state index in [-0.39, 0.29) is 32.2 Å². The Kier molecular flexibility index (Phi) is 56.4. The highest BCUT2D eigenvalue weighted by Gasteiger charge is 2.25. The first-order valence-corrected chi connectivity index (χ1v) is 32.1. The summed E-state index contributed by atoms with van der Waals surface area (Å²) in [6.45, 7) is 4.87. The van der Waals surface area contributed by atoms with Crippen molar-refractivity contribution in [2.45, 2.75) is 296 Å². The van der Waals surface area contributed by atoms with Gasteiger partial charge >= 0.3 is 17.9 Å². The van der Waals surface area contributed by atoms with Crippen LogP contribution in [0.25, 0.3) is 0 Å². The number of carbonyl (C=O) groups excluding carboxylic acids is 2. The quantitative estimate of drug-likeness (QED) is 0.0211. The molecule has 0 spiro atoms. The molecule has 0 radical (unpaired) electrons. The smallest absolute Gasteiger partial charge is 0.361 e. The van der Waals surface area contributed by atoms with Crippen molar-refractivity contribution < 1.29 is 42.9 Å². The van der Waals surface area contributed by atoms with Crippen molar-refractivity contribution in [2.75, 3.05) is 47.5 Å². The fraction of sp³-hybridized carbons (Fsp3) is 0.779. The lowest BCUT2D eigenvalue weighted by atomic mass is 10.0. The second-order valence-electron chi connectivity index (χ2n) is 22.7. The molecule has 0 aliphatic rings. The second-order valence-corrected chi connectivity index (χ2v) is 22.7. The highest BCUT2D eigenvalue weighted by molar-refractivity contribution is 5.71. The van der Waals surface area contributed by atoms with Gasteiger partial charge in [0.2, 0.25) is 0 Å². The number of esters is 2. The van der Waals surface area contributed by atoms with Gasteiger partial charge in [-0.2, -0.15) is 0 Å². The van der Waals surface area contributed by atoms with Crippen LogP contribution in [0.1, 0.15) is 284 Å². The normalized spacial score (nSPS) is 13.2. The van der Waals surface area contributed by atoms with E-state index in [4.69, 9.17) is 18.9 Å². The van der Waals surface area contributed by atoms with E-state index in [2.05, 4.69) is 86.8 Å². The van der Waals surface area contributed by atoms with Crippen molar-refractivity contribution in [1.82, 2.24) is 0 Å². The van der Waals surface area contributed by atoms with Crippen LogP contribution >= 0.6 is 0 Å². The van der Waals surface area contributed by atoms with Gasteiger partial charge in [0.1, 0.15) is 13.2 Å². The summed E-state index contributed by atoms with van der Waals surface area (Å²) in [6.07, 6.45) is 74.1. The largest absolute Gasteiger partial charge is 0.477 e. The van der Waals surface area contributed by atoms with Crippen LogP contribution in [0.5, 0.6) is 0 Å². The number of hydrogen-bond acceptors (Lipinski definition) is 7. The summed E-state index contributed by atoms with van der Waals surface area (Å²) in [4.78, 5) is 37.5. The number of rotatable bonds is 59. The van der Waals surface area contributed by atoms with Crippen molar-refractivity contribution in [3.8, 4) is 0 Å². The number of carbonyl (C=O) groups is 3. The molecule has 446 valence electrons. The summed E-state index contributed by atoms with van der Waals surface area (Å²) in [5.74, 6) is -2.01. The SMILES string of the molecule is CCCCCCC/C=C\C/C=C\C/C=C\CCCCCCCCCCCCCCCCC(=O)OC(COC(=O)CCCCCCCCCC/C=C\C/C=C\C/C=C\CCCCCCC)COC(OCC[N+](C)(C)C)C(=O)O. The third-order valence-corrected chi connectivity index (χ3v) is 13.9. The van der Waals surface area contributed by atoms with Gasteiger partial charge in [-0.1, -0.05) is 254 Å². The van der Waals surface area contributed by atoms with Gasteiger partial charge in [0.25, 0.3) is 6.29 Å². The van der Waals surface area contributed by atoms with E-state index in [0.29, 0.717) is 17.4 Å². The molecule has 0 amide bonds. The maximum atomic E-state index is 12.9. The molecule has 9 heteroatoms. The van der Waals surface area contributed by atoms with Gasteiger partial charge in [-0.25, -0.2) is 4.79 Å². The summed E-state index contributed by atoms with van der Waals surface area (Å²) >= 11 is 0. The number of aliphatic carboxylic acids is 1. The van der Waals surface area contributed by atoms with Crippen LogP contribution in [0, 0.1) is 0 Å². The molecule has 0 aliphatic carbocycles. The number of ether oxygens (including phenoxy) is 4. The number of carboxylic acids is 1. The van der Waals surface area contributed by atoms with Gasteiger partial charge in [-0.05, 0) is 89.9 Å². The van der Waals surface area contributed by atoms with Crippen LogP contribution in [0.4, 0.5) is 0 Å². The maximum Gasteiger partial charge on any atom is 0.361 e. The summed E-state index contributed by atoms with van der Waals surface area (Å²) in [7, 11) is 5.97. The fourth-order valence-electron chi connectivity index (χ4n) is 8.97. The number of quaternary nitrogens is 1. The number of nitrogens with zero attached hydrogens (tertiary/aromatic N) is 1. The average Bonchev–Trinajstić information content (AvgIpc) is 3.40. The molecular formula is C68H122NO8+. The Morgan fingerprint density at radius 2 is 0.701 bits per heavy atom. The molecule has 0 bridgehead atoms. The van der Waals surface area contributed by atoms with Gasteiger partial charge in [-0.3, -0.25) is 9.59 Å². The zero-order valence-electron chi connectivity index (χ0n) is 50.9. The van der Waals surface area contributed by atoms with E-state index >= 15 is 0 Å². The first kappa shape index (κ1) is 73.7. The molecule has 1 N–H and O–H groups in total. The van der Waals surface area contributed by atoms with E-state index in [1.54, 1.807) is 0 Å². The van der Waals surface area contributed by atoms with Crippen molar-refractivity contribution in [3.63, 3.8) is 0 Å². The van der Waals surface area contributed by atoms with Crippen molar-refractivity contribution in [1.29, 1.82) is 0 Å². The Bertz CT molecular complexity index is 1490. The maximum absolute atomic E-state index is 12.9. The topological polar surface area (TPSA) is 108 Å². The van der Waals surface area contributed by atoms with Crippen LogP contribution in [0.15, 0.2) is 72.9 Å². The Morgan fingerprint density at radius 3 is 1.04 bits per heavy atom. The van der Waals surface area contributed by atoms with Gasteiger partial charge in [-0.15, -0.1) is 0 Å². The summed E-state index contributed by atoms with van der Waals surface area (Å²) in [5.41, 5.74) is 0. The van der Waals surface area contributed by atoms with Crippen molar-refractivity contribution in [2.24, 2.45) is 0 Å². The first-order chi connectivity index (χ1) is 37.6. The molecule has 0 fully saturated rings. The third-order valence-electron chi connectivity index (χ3n) is 13.9. The molecule has 0 aromatic heterocycles. The third kappa shape index (κ3) is 60.2. The number of carboxylic acid groups (broad SMARTS) is 1. The minimum Gasteiger partial charge on any atom is -0.477 e. The average molecular weight is 1080 g/mol. The summed E-state index contributed by atoms with van der Waals surface area (Å²) in [5, 5.41) is 9.73. The molecule has 0 saturated heterocycles. The lowest BCUT2D eigenvalue weighted by molar-refractivity contribution is -0.870. The molecule has 2 atom stereocenters. The van der Waals surface area contributed by atoms with E-state index < -0.39 is 24.3 Å². The minimum atomic E-state index is -1.52. The second kappa shape index (κ2) is 58.9. The lowest BCUT2D eigenvalue weighted by Gasteiger charge is -2.25. The monoisotopic (exact) mass is 1080 g/mol. The standard InChI is InChI=1S/C68H121NO8/c1-6-8-10-12-14-16-18-20-22-24-26-28-30-31-32-33-34-35-37-39-41-43-45-47-49-51-53-55-57-59-66(71)77-64(63-76-68(67(72)73)74-61-60-69(3,4)5)62-75-65(70)58-56-54-52-50-48-46-44-42-40-38-36-29-27-25-23-21-19-17-15-13-11-9-7-2/h18-21,24-27,30-31,36,38,64,68H,6-17,22-23,28-29,32-35,37,39-63H2,1-5H3/p+1/b20-18-,21-19-,26-24-,27-25-,31-30-,38-36-. The molecule has 9 nitrogen and oxygen atoms in total. The predicted molar refractivity (Wildman–Crippen MR) is 327 cm³/mol. The Hall–Kier alpha value is -3.27. The lowest BCUT2D eigenvalue weighted by Crippen LogP contribution is -2.40. The minimum absolute atomic E-state index is 0.184. The molecular weight excluding hydrogens is 959 g/mol. The van der Waals surface area contributed by atoms with E-state index in [9.17, 15) is 19.5 Å². The Labute approximate surface area is 475 Å². The van der Waals surface area contributed by atoms with E-state index in [1.165, 1.54) is 180 Å². The van der Waals surface area contributed by atoms with Crippen LogP contribution in [0.2, 0.25) is 0 Å². The van der Waals surface area contributed by atoms with E-state index in [0.717, 1.165) is 77.0 Å². The zero-order valence-corrected chi connectivity index (χ0v) is 50.9. The Morgan fingerprint density at radius 1 is 0.390 bits per heavy atom. The summed E-state index contributed by atoms with van der Waals surface area (Å²) < 4.78 is 22.9. The summed E-state index contributed by atoms with van der Waals surface area (Å²) in [6, 6.07) is 0. The van der Waals surface area contributed by atoms with Gasteiger partial charge < -0.3 is 28.5 Å². The van der Waals surface area contributed by atoms with E-state index in [1.807, 2.05) is 21.1 Å². The molecule has 0 aromatic carbocycles. The molecule has 77 heavy (non-hydrogen) atoms. The van der Waals surface area contributed by atoms with Crippen molar-refractivity contribution in [3.05, 3.63) is 72.9 Å². The van der Waals surface area contributed by atoms with Crippen LogP contribution in [-0.2, 0) is 33.3 Å². The van der Waals surface area contributed by atoms with Gasteiger partial charge in [0.15, 0.2) is 6.10 Å². The number of unbranched alkanes of at least 4 members (excludes halogenated alkanes) is 32. The van der Waals surface area contributed by atoms with Gasteiger partial charge in [0, 0.05) is 12.8 Å². The molecule has 0 aliphatic heterocycles. The van der Waals surface area contributed by atoms with Crippen LogP contribution in [0.3, 0.4) is 0 Å². The number of likely N-dealkylation sites (N-methyl/N-ethyl adjacent to an activating group) is 1. The number of hydrogen-bond donors (Lipinski definition) is 1. The van der Waals surface area contributed by atoms with Crippen LogP contribution < -0.4 is 0 Å². The molecule has 0 aromatic rings. The number of allylic oxidation sites excluding steroid dienone is 12. The zero-order chi connectivity index (χ0) is 56.2. The highest BCUT2D eigenvalue weighted by Crippen LogP contribution is 2.16. The predicted octanol–water partition coefficient (Wildman–Crippen LogP) is 19.4. The highest BCUT2D eigenvalue weighted by atomic mass is 16.7. The van der Waals surface area contributed by atoms with Gasteiger partial charge in [0.05, 0.1) is 34.4 Å². The van der Waals surface area contributed by atoms with Crippen molar-refractivity contribution >= 4 is 17.9 Å².